The molecule has 0 radical (unpaired) electrons. The van der Waals surface area contributed by atoms with Crippen molar-refractivity contribution >= 4 is 51.9 Å². The fraction of sp³-hybridized carbons (Fsp3) is 0.333. The molecule has 0 unspecified atom stereocenters. The average Bonchev–Trinajstić information content (AvgIpc) is 3.43. The third kappa shape index (κ3) is 5.22. The topological polar surface area (TPSA) is 36.3 Å². The van der Waals surface area contributed by atoms with Gasteiger partial charge in [0.05, 0.1) is 39.2 Å². The fourth-order valence-corrected chi connectivity index (χ4v) is 7.66. The maximum Gasteiger partial charge on any atom is 0.174 e. The van der Waals surface area contributed by atoms with Gasteiger partial charge >= 0.3 is 0 Å². The molecule has 2 aliphatic heterocycles. The van der Waals surface area contributed by atoms with Gasteiger partial charge in [0.25, 0.3) is 0 Å². The van der Waals surface area contributed by atoms with Gasteiger partial charge in [-0.05, 0) is 98.4 Å². The Labute approximate surface area is 258 Å². The summed E-state index contributed by atoms with van der Waals surface area (Å²) in [5.41, 5.74) is 7.30. The average molecular weight is 605 g/mol. The molecule has 2 aliphatic rings. The van der Waals surface area contributed by atoms with E-state index in [0.717, 1.165) is 57.8 Å². The number of nitrogens with zero attached hydrogens (tertiary/aromatic N) is 4. The molecule has 0 saturated carbocycles. The number of aromatic nitrogens is 2. The smallest absolute Gasteiger partial charge is 0.174 e. The normalized spacial score (nSPS) is 22.7. The van der Waals surface area contributed by atoms with E-state index in [9.17, 15) is 0 Å². The van der Waals surface area contributed by atoms with Crippen LogP contribution in [0.3, 0.4) is 0 Å². The molecule has 2 saturated heterocycles. The van der Waals surface area contributed by atoms with Gasteiger partial charge in [-0.2, -0.15) is 0 Å². The number of hydrogen-bond donors (Lipinski definition) is 1. The first kappa shape index (κ1) is 28.1. The van der Waals surface area contributed by atoms with Gasteiger partial charge in [0.2, 0.25) is 0 Å². The lowest BCUT2D eigenvalue weighted by molar-refractivity contribution is 0.357. The van der Waals surface area contributed by atoms with Crippen molar-refractivity contribution in [1.82, 2.24) is 14.9 Å². The van der Waals surface area contributed by atoms with Gasteiger partial charge in [0.1, 0.15) is 0 Å². The van der Waals surface area contributed by atoms with E-state index in [1.165, 1.54) is 6.42 Å². The van der Waals surface area contributed by atoms with Crippen LogP contribution in [0.4, 0.5) is 11.4 Å². The van der Waals surface area contributed by atoms with Crippen molar-refractivity contribution in [2.75, 3.05) is 22.9 Å². The third-order valence-electron chi connectivity index (χ3n) is 8.40. The Bertz CT molecular complexity index is 1580. The van der Waals surface area contributed by atoms with E-state index in [1.807, 2.05) is 36.5 Å². The molecular weight excluding hydrogens is 569 g/mol. The molecule has 2 aromatic carbocycles. The second-order valence-corrected chi connectivity index (χ2v) is 12.8. The lowest BCUT2D eigenvalue weighted by Crippen LogP contribution is -2.38. The molecule has 212 valence electrons. The lowest BCUT2D eigenvalue weighted by atomic mass is 9.91. The van der Waals surface area contributed by atoms with Gasteiger partial charge in [-0.25, -0.2) is 0 Å². The highest BCUT2D eigenvalue weighted by Crippen LogP contribution is 2.45. The van der Waals surface area contributed by atoms with E-state index >= 15 is 0 Å². The number of rotatable bonds is 5. The van der Waals surface area contributed by atoms with Crippen LogP contribution in [0.15, 0.2) is 72.9 Å². The minimum absolute atomic E-state index is 0.142. The highest BCUT2D eigenvalue weighted by molar-refractivity contribution is 7.80. The quantitative estimate of drug-likeness (QED) is 0.231. The van der Waals surface area contributed by atoms with Gasteiger partial charge in [-0.1, -0.05) is 55.2 Å². The Hall–Kier alpha value is -3.06. The van der Waals surface area contributed by atoms with E-state index in [1.54, 1.807) is 0 Å². The number of benzene rings is 2. The zero-order valence-electron chi connectivity index (χ0n) is 23.8. The van der Waals surface area contributed by atoms with Gasteiger partial charge < -0.3 is 19.7 Å². The predicted octanol–water partition coefficient (Wildman–Crippen LogP) is 8.46. The largest absolute Gasteiger partial charge is 0.370 e. The first-order chi connectivity index (χ1) is 19.7. The van der Waals surface area contributed by atoms with Crippen LogP contribution >= 0.6 is 35.4 Å². The Morgan fingerprint density at radius 3 is 2.29 bits per heavy atom. The van der Waals surface area contributed by atoms with Crippen LogP contribution in [0, 0.1) is 25.7 Å². The second kappa shape index (κ2) is 11.3. The zero-order valence-corrected chi connectivity index (χ0v) is 26.1. The predicted molar refractivity (Wildman–Crippen MR) is 175 cm³/mol. The summed E-state index contributed by atoms with van der Waals surface area (Å²) in [6.07, 6.45) is 3.09. The minimum atomic E-state index is -0.147. The van der Waals surface area contributed by atoms with Crippen molar-refractivity contribution in [3.05, 3.63) is 106 Å². The maximum absolute atomic E-state index is 7.03. The van der Waals surface area contributed by atoms with Crippen LogP contribution in [0.25, 0.3) is 5.69 Å². The van der Waals surface area contributed by atoms with E-state index in [4.69, 9.17) is 40.4 Å². The van der Waals surface area contributed by atoms with Crippen LogP contribution < -0.4 is 15.1 Å². The van der Waals surface area contributed by atoms with Crippen LogP contribution in [0.2, 0.25) is 10.0 Å². The summed E-state index contributed by atoms with van der Waals surface area (Å²) in [4.78, 5) is 9.35. The molecule has 4 aromatic rings. The molecule has 0 spiro atoms. The number of nitrogens with one attached hydrogen (secondary N) is 1. The van der Waals surface area contributed by atoms with Crippen molar-refractivity contribution in [2.45, 2.75) is 46.2 Å². The fourth-order valence-electron chi connectivity index (χ4n) is 6.80. The summed E-state index contributed by atoms with van der Waals surface area (Å²) < 4.78 is 2.22. The van der Waals surface area contributed by atoms with Crippen LogP contribution in [0.5, 0.6) is 0 Å². The highest BCUT2D eigenvalue weighted by atomic mass is 35.5. The number of halogens is 2. The molecule has 2 fully saturated rings. The van der Waals surface area contributed by atoms with Crippen LogP contribution in [0.1, 0.15) is 55.0 Å². The summed E-state index contributed by atoms with van der Waals surface area (Å²) in [5.74, 6) is 1.28. The summed E-state index contributed by atoms with van der Waals surface area (Å²) in [5, 5.41) is 5.69. The van der Waals surface area contributed by atoms with Crippen LogP contribution in [-0.4, -0.2) is 27.8 Å². The number of anilines is 2. The zero-order chi connectivity index (χ0) is 28.8. The van der Waals surface area contributed by atoms with E-state index < -0.39 is 0 Å². The van der Waals surface area contributed by atoms with Crippen molar-refractivity contribution < 1.29 is 0 Å². The molecule has 1 N–H and O–H groups in total. The second-order valence-electron chi connectivity index (χ2n) is 11.6. The maximum atomic E-state index is 7.03. The molecule has 0 bridgehead atoms. The number of thiocarbonyl (C=S) groups is 1. The van der Waals surface area contributed by atoms with Gasteiger partial charge in [-0.3, -0.25) is 4.98 Å². The number of aryl methyl sites for hydroxylation is 1. The minimum Gasteiger partial charge on any atom is -0.370 e. The first-order valence-corrected chi connectivity index (χ1v) is 15.4. The molecule has 6 rings (SSSR count). The number of piperidine rings is 1. The number of para-hydroxylation sites is 1. The number of pyridine rings is 1. The molecule has 5 nitrogen and oxygen atoms in total. The summed E-state index contributed by atoms with van der Waals surface area (Å²) in [6, 6.07) is 22.3. The van der Waals surface area contributed by atoms with E-state index in [2.05, 4.69) is 83.8 Å². The lowest BCUT2D eigenvalue weighted by Gasteiger charge is -2.37. The summed E-state index contributed by atoms with van der Waals surface area (Å²) >= 11 is 19.7. The van der Waals surface area contributed by atoms with Gasteiger partial charge in [0, 0.05) is 36.4 Å². The Kier molecular flexibility index (Phi) is 7.75. The third-order valence-corrected chi connectivity index (χ3v) is 9.34. The highest BCUT2D eigenvalue weighted by Gasteiger charge is 2.42. The molecule has 8 heteroatoms. The first-order valence-electron chi connectivity index (χ1n) is 14.2. The monoisotopic (exact) mass is 603 g/mol. The molecule has 2 aromatic heterocycles. The van der Waals surface area contributed by atoms with E-state index in [0.29, 0.717) is 22.0 Å². The van der Waals surface area contributed by atoms with Crippen LogP contribution in [-0.2, 0) is 0 Å². The molecule has 4 atom stereocenters. The molecule has 41 heavy (non-hydrogen) atoms. The Morgan fingerprint density at radius 1 is 0.878 bits per heavy atom. The van der Waals surface area contributed by atoms with Crippen molar-refractivity contribution in [3.63, 3.8) is 0 Å². The van der Waals surface area contributed by atoms with E-state index in [-0.39, 0.29) is 12.1 Å². The van der Waals surface area contributed by atoms with Crippen molar-refractivity contribution in [1.29, 1.82) is 0 Å². The SMILES string of the molecule is Cc1cc([C@@H]2[C@H](c3ccccn3)NC(=S)N2c2ccc(N3C[C@H](C)C[C@H](C)C3)c(Cl)c2)c(C)n1-c1ccccc1Cl. The Morgan fingerprint density at radius 2 is 1.61 bits per heavy atom. The van der Waals surface area contributed by atoms with Crippen molar-refractivity contribution in [3.8, 4) is 5.69 Å². The Balaban J connectivity index is 1.45. The summed E-state index contributed by atoms with van der Waals surface area (Å²) in [7, 11) is 0. The van der Waals surface area contributed by atoms with Gasteiger partial charge in [-0.15, -0.1) is 0 Å². The molecule has 0 amide bonds. The molecule has 0 aliphatic carbocycles. The van der Waals surface area contributed by atoms with Gasteiger partial charge in [0.15, 0.2) is 5.11 Å². The standard InChI is InChI=1S/C33H35Cl2N5S/c1-20-15-21(2)19-38(18-20)29-13-12-24(17-27(29)35)40-32(31(37-33(40)41)28-10-7-8-14-36-28)25-16-22(3)39(23(25)4)30-11-6-5-9-26(30)34/h5-14,16-17,20-21,31-32H,15,18-19H2,1-4H3,(H,37,41)/t20-,21+,31-,32+/m0/s1. The molecular formula is C33H35Cl2N5S. The van der Waals surface area contributed by atoms with Crippen molar-refractivity contribution in [2.24, 2.45) is 11.8 Å². The molecule has 4 heterocycles. The summed E-state index contributed by atoms with van der Waals surface area (Å²) in [6.45, 7) is 10.9. The number of hydrogen-bond acceptors (Lipinski definition) is 3.